The number of anilines is 1. The highest BCUT2D eigenvalue weighted by Crippen LogP contribution is 2.36. The van der Waals surface area contributed by atoms with Gasteiger partial charge in [0.25, 0.3) is 0 Å². The third kappa shape index (κ3) is 5.18. The predicted molar refractivity (Wildman–Crippen MR) is 110 cm³/mol. The van der Waals surface area contributed by atoms with Crippen molar-refractivity contribution >= 4 is 36.2 Å². The number of hydrogen-bond donors (Lipinski definition) is 3. The summed E-state index contributed by atoms with van der Waals surface area (Å²) in [5.41, 5.74) is 0.966. The molecule has 2 aromatic heterocycles. The van der Waals surface area contributed by atoms with E-state index < -0.39 is 32.4 Å². The van der Waals surface area contributed by atoms with Crippen molar-refractivity contribution in [1.82, 2.24) is 19.5 Å². The molecule has 0 radical (unpaired) electrons. The molecule has 2 aromatic rings. The first-order valence-corrected chi connectivity index (χ1v) is 12.1. The monoisotopic (exact) mass is 477 g/mol. The molecular weight excluding hydrogens is 453 g/mol. The Labute approximate surface area is 183 Å². The van der Waals surface area contributed by atoms with E-state index in [1.165, 1.54) is 6.33 Å². The fourth-order valence-corrected chi connectivity index (χ4v) is 4.50. The lowest BCUT2D eigenvalue weighted by atomic mass is 10.1. The minimum absolute atomic E-state index is 0.0535. The minimum atomic E-state index is -4.27. The molecule has 0 aliphatic carbocycles. The lowest BCUT2D eigenvalue weighted by Gasteiger charge is -2.32. The van der Waals surface area contributed by atoms with Gasteiger partial charge in [-0.05, 0) is 24.4 Å². The van der Waals surface area contributed by atoms with Gasteiger partial charge in [-0.15, -0.1) is 0 Å². The van der Waals surface area contributed by atoms with Crippen LogP contribution in [0.1, 0.15) is 25.5 Å². The van der Waals surface area contributed by atoms with Crippen molar-refractivity contribution in [3.8, 4) is 0 Å². The first kappa shape index (κ1) is 22.8. The Bertz CT molecular complexity index is 972. The van der Waals surface area contributed by atoms with E-state index in [1.54, 1.807) is 11.7 Å². The molecule has 172 valence electrons. The highest BCUT2D eigenvalue weighted by Gasteiger charge is 2.37. The molecule has 0 saturated carbocycles. The summed E-state index contributed by atoms with van der Waals surface area (Å²) in [4.78, 5) is 33.0. The van der Waals surface area contributed by atoms with E-state index in [-0.39, 0.29) is 24.4 Å². The van der Waals surface area contributed by atoms with Gasteiger partial charge in [0.2, 0.25) is 5.28 Å². The number of hydrogen-bond acceptors (Lipinski definition) is 9. The predicted octanol–water partition coefficient (Wildman–Crippen LogP) is 0.895. The van der Waals surface area contributed by atoms with Gasteiger partial charge in [-0.3, -0.25) is 9.13 Å². The second-order valence-corrected chi connectivity index (χ2v) is 9.63. The molecule has 3 N–H and O–H groups in total. The quantitative estimate of drug-likeness (QED) is 0.385. The zero-order chi connectivity index (χ0) is 22.2. The van der Waals surface area contributed by atoms with Crippen molar-refractivity contribution in [3.63, 3.8) is 0 Å². The van der Waals surface area contributed by atoms with Crippen LogP contribution in [0.3, 0.4) is 0 Å². The number of imidazole rings is 1. The Kier molecular flexibility index (Phi) is 6.80. The lowest BCUT2D eigenvalue weighted by molar-refractivity contribution is -0.0567. The van der Waals surface area contributed by atoms with Gasteiger partial charge in [0.15, 0.2) is 23.2 Å². The van der Waals surface area contributed by atoms with Crippen LogP contribution in [0.4, 0.5) is 5.82 Å². The van der Waals surface area contributed by atoms with Gasteiger partial charge in [0.1, 0.15) is 12.5 Å². The van der Waals surface area contributed by atoms with E-state index in [0.29, 0.717) is 23.5 Å². The van der Waals surface area contributed by atoms with Crippen LogP contribution in [0.25, 0.3) is 11.2 Å². The summed E-state index contributed by atoms with van der Waals surface area (Å²) in [6, 6.07) is 0. The SMILES string of the molecule is COC1CCCN(c2nc(Cl)nc3c2ncn3C2O[C@H](COCP(=O)(O)O)C[C@H]2O)C1. The van der Waals surface area contributed by atoms with Crippen molar-refractivity contribution < 1.29 is 33.7 Å². The molecule has 0 aromatic carbocycles. The molecule has 0 spiro atoms. The largest absolute Gasteiger partial charge is 0.388 e. The number of ether oxygens (including phenoxy) is 3. The zero-order valence-electron chi connectivity index (χ0n) is 16.9. The second kappa shape index (κ2) is 9.24. The molecule has 2 aliphatic rings. The average molecular weight is 478 g/mol. The molecule has 2 aliphatic heterocycles. The van der Waals surface area contributed by atoms with Crippen molar-refractivity contribution in [3.05, 3.63) is 11.6 Å². The van der Waals surface area contributed by atoms with Crippen molar-refractivity contribution in [2.75, 3.05) is 38.1 Å². The summed E-state index contributed by atoms with van der Waals surface area (Å²) in [7, 11) is -2.58. The Morgan fingerprint density at radius 3 is 2.94 bits per heavy atom. The molecule has 0 bridgehead atoms. The molecule has 31 heavy (non-hydrogen) atoms. The van der Waals surface area contributed by atoms with Crippen LogP contribution in [-0.4, -0.2) is 85.9 Å². The van der Waals surface area contributed by atoms with E-state index in [0.717, 1.165) is 19.4 Å². The van der Waals surface area contributed by atoms with Crippen molar-refractivity contribution in [1.29, 1.82) is 0 Å². The molecular formula is C17H25ClN5O7P. The number of aromatic nitrogens is 4. The van der Waals surface area contributed by atoms with Crippen LogP contribution < -0.4 is 4.90 Å². The van der Waals surface area contributed by atoms with Gasteiger partial charge < -0.3 is 34.0 Å². The topological polar surface area (TPSA) is 152 Å². The van der Waals surface area contributed by atoms with Crippen LogP contribution in [0.2, 0.25) is 5.28 Å². The van der Waals surface area contributed by atoms with Gasteiger partial charge in [-0.25, -0.2) is 4.98 Å². The van der Waals surface area contributed by atoms with E-state index in [9.17, 15) is 9.67 Å². The van der Waals surface area contributed by atoms with E-state index in [1.807, 2.05) is 0 Å². The molecule has 12 nitrogen and oxygen atoms in total. The number of piperidine rings is 1. The number of fused-ring (bicyclic) bond motifs is 1. The molecule has 0 amide bonds. The number of nitrogens with zero attached hydrogens (tertiary/aromatic N) is 5. The standard InChI is InChI=1S/C17H25ClN5O7P/c1-28-10-3-2-4-22(6-10)14-13-15(21-17(18)20-14)23(8-19-13)16-12(24)5-11(30-16)7-29-9-31(25,26)27/h8,10-12,16,24H,2-7,9H2,1H3,(H2,25,26,27)/t10?,11-,12+,16?/m0/s1. The van der Waals surface area contributed by atoms with Crippen molar-refractivity contribution in [2.45, 2.75) is 43.8 Å². The van der Waals surface area contributed by atoms with Crippen LogP contribution in [0.15, 0.2) is 6.33 Å². The first-order chi connectivity index (χ1) is 14.7. The van der Waals surface area contributed by atoms with Crippen LogP contribution in [0, 0.1) is 0 Å². The fraction of sp³-hybridized carbons (Fsp3) is 0.706. The molecule has 14 heteroatoms. The van der Waals surface area contributed by atoms with Crippen molar-refractivity contribution in [2.24, 2.45) is 0 Å². The smallest absolute Gasteiger partial charge is 0.350 e. The third-order valence-electron chi connectivity index (χ3n) is 5.39. The number of halogens is 1. The summed E-state index contributed by atoms with van der Waals surface area (Å²) in [5.74, 6) is 0.601. The summed E-state index contributed by atoms with van der Waals surface area (Å²) in [6.45, 7) is 1.39. The lowest BCUT2D eigenvalue weighted by Crippen LogP contribution is -2.39. The van der Waals surface area contributed by atoms with Crippen LogP contribution in [-0.2, 0) is 18.8 Å². The average Bonchev–Trinajstić information content (AvgIpc) is 3.29. The summed E-state index contributed by atoms with van der Waals surface area (Å²) >= 11 is 6.21. The second-order valence-electron chi connectivity index (χ2n) is 7.70. The Morgan fingerprint density at radius 2 is 2.19 bits per heavy atom. The third-order valence-corrected chi connectivity index (χ3v) is 6.08. The number of methoxy groups -OCH3 is 1. The molecule has 4 rings (SSSR count). The highest BCUT2D eigenvalue weighted by atomic mass is 35.5. The van der Waals surface area contributed by atoms with Gasteiger partial charge in [0.05, 0.1) is 25.1 Å². The van der Waals surface area contributed by atoms with Gasteiger partial charge in [-0.2, -0.15) is 9.97 Å². The summed E-state index contributed by atoms with van der Waals surface area (Å²) in [6.07, 6.45) is 0.847. The highest BCUT2D eigenvalue weighted by molar-refractivity contribution is 7.51. The zero-order valence-corrected chi connectivity index (χ0v) is 18.5. The van der Waals surface area contributed by atoms with Gasteiger partial charge in [0, 0.05) is 26.6 Å². The molecule has 2 unspecified atom stereocenters. The molecule has 2 fully saturated rings. The maximum Gasteiger partial charge on any atom is 0.350 e. The Hall–Kier alpha value is -1.37. The number of aliphatic hydroxyl groups excluding tert-OH is 1. The maximum atomic E-state index is 10.9. The number of aliphatic hydroxyl groups is 1. The van der Waals surface area contributed by atoms with E-state index in [4.69, 9.17) is 35.6 Å². The van der Waals surface area contributed by atoms with Gasteiger partial charge >= 0.3 is 7.60 Å². The van der Waals surface area contributed by atoms with E-state index in [2.05, 4.69) is 19.9 Å². The minimum Gasteiger partial charge on any atom is -0.388 e. The van der Waals surface area contributed by atoms with Crippen LogP contribution in [0.5, 0.6) is 0 Å². The molecule has 4 heterocycles. The Balaban J connectivity index is 1.55. The first-order valence-electron chi connectivity index (χ1n) is 9.89. The maximum absolute atomic E-state index is 10.9. The summed E-state index contributed by atoms with van der Waals surface area (Å²) < 4.78 is 28.9. The fourth-order valence-electron chi connectivity index (χ4n) is 4.00. The van der Waals surface area contributed by atoms with E-state index >= 15 is 0 Å². The molecule has 2 saturated heterocycles. The van der Waals surface area contributed by atoms with Gasteiger partial charge in [-0.1, -0.05) is 0 Å². The summed E-state index contributed by atoms with van der Waals surface area (Å²) in [5, 5.41) is 10.6. The molecule has 4 atom stereocenters. The Morgan fingerprint density at radius 1 is 1.39 bits per heavy atom. The van der Waals surface area contributed by atoms with Crippen LogP contribution >= 0.6 is 19.2 Å². The normalized spacial score (nSPS) is 27.3. The number of rotatable bonds is 7.